The molecule has 0 unspecified atom stereocenters. The Morgan fingerprint density at radius 2 is 0.896 bits per heavy atom. The van der Waals surface area contributed by atoms with Crippen LogP contribution in [0.4, 0.5) is 11.4 Å². The molecule has 0 atom stereocenters. The molecule has 0 bridgehead atoms. The predicted octanol–water partition coefficient (Wildman–Crippen LogP) is 7.97. The molecule has 0 radical (unpaired) electrons. The van der Waals surface area contributed by atoms with Crippen molar-refractivity contribution in [2.45, 2.75) is 26.7 Å². The van der Waals surface area contributed by atoms with Crippen molar-refractivity contribution in [3.8, 4) is 0 Å². The molecule has 0 spiro atoms. The lowest BCUT2D eigenvalue weighted by Gasteiger charge is -2.09. The summed E-state index contributed by atoms with van der Waals surface area (Å²) in [5.41, 5.74) is 8.99. The first-order valence-electron chi connectivity index (χ1n) is 14.3. The van der Waals surface area contributed by atoms with Gasteiger partial charge >= 0.3 is 0 Å². The average Bonchev–Trinajstić information content (AvgIpc) is 3.05. The van der Waals surface area contributed by atoms with E-state index >= 15 is 0 Å². The van der Waals surface area contributed by atoms with E-state index < -0.39 is 11.8 Å². The molecular formula is C34H28Cl4N6O4. The van der Waals surface area contributed by atoms with E-state index in [2.05, 4.69) is 31.7 Å². The van der Waals surface area contributed by atoms with Gasteiger partial charge < -0.3 is 10.6 Å². The third-order valence-corrected chi connectivity index (χ3v) is 7.84. The Kier molecular flexibility index (Phi) is 12.7. The number of hydrogen-bond acceptors (Lipinski definition) is 6. The summed E-state index contributed by atoms with van der Waals surface area (Å²) in [5.74, 6) is -1.67. The van der Waals surface area contributed by atoms with Gasteiger partial charge in [0.25, 0.3) is 11.8 Å². The van der Waals surface area contributed by atoms with E-state index in [1.165, 1.54) is 12.1 Å². The second-order valence-electron chi connectivity index (χ2n) is 10.3. The van der Waals surface area contributed by atoms with E-state index in [0.717, 1.165) is 0 Å². The molecule has 14 heteroatoms. The number of nitrogens with zero attached hydrogens (tertiary/aromatic N) is 2. The minimum atomic E-state index is -0.452. The first-order chi connectivity index (χ1) is 22.9. The number of rotatable bonds is 11. The highest BCUT2D eigenvalue weighted by atomic mass is 35.5. The van der Waals surface area contributed by atoms with Crippen LogP contribution < -0.4 is 21.5 Å². The van der Waals surface area contributed by atoms with Gasteiger partial charge in [-0.2, -0.15) is 10.2 Å². The number of carbonyl (C=O) groups is 4. The molecular weight excluding hydrogens is 698 g/mol. The fraction of sp³-hybridized carbons (Fsp3) is 0.118. The Morgan fingerprint density at radius 1 is 0.542 bits per heavy atom. The van der Waals surface area contributed by atoms with Crippen LogP contribution in [-0.2, 0) is 9.59 Å². The van der Waals surface area contributed by atoms with Crippen LogP contribution in [0.1, 0.15) is 58.5 Å². The van der Waals surface area contributed by atoms with E-state index in [0.29, 0.717) is 44.0 Å². The number of hydrogen-bond donors (Lipinski definition) is 4. The molecule has 246 valence electrons. The smallest absolute Gasteiger partial charge is 0.257 e. The Balaban J connectivity index is 1.20. The molecule has 0 fully saturated rings. The number of hydrazone groups is 2. The van der Waals surface area contributed by atoms with Crippen LogP contribution in [0.3, 0.4) is 0 Å². The van der Waals surface area contributed by atoms with Crippen LogP contribution in [0, 0.1) is 0 Å². The average molecular weight is 726 g/mol. The Labute approximate surface area is 296 Å². The highest BCUT2D eigenvalue weighted by Crippen LogP contribution is 2.23. The zero-order chi connectivity index (χ0) is 34.8. The fourth-order valence-corrected chi connectivity index (χ4v) is 5.08. The van der Waals surface area contributed by atoms with E-state index in [1.54, 1.807) is 86.6 Å². The van der Waals surface area contributed by atoms with E-state index in [4.69, 9.17) is 46.4 Å². The monoisotopic (exact) mass is 724 g/mol. The number of carbonyl (C=O) groups excluding carboxylic acids is 4. The maximum Gasteiger partial charge on any atom is 0.257 e. The zero-order valence-corrected chi connectivity index (χ0v) is 28.6. The van der Waals surface area contributed by atoms with E-state index in [9.17, 15) is 19.2 Å². The second kappa shape index (κ2) is 16.9. The Morgan fingerprint density at radius 3 is 1.23 bits per heavy atom. The quantitative estimate of drug-likeness (QED) is 0.0920. The molecule has 10 nitrogen and oxygen atoms in total. The minimum Gasteiger partial charge on any atom is -0.322 e. The van der Waals surface area contributed by atoms with E-state index in [1.807, 2.05) is 0 Å². The molecule has 4 N–H and O–H groups in total. The largest absolute Gasteiger partial charge is 0.322 e. The Hall–Kier alpha value is -4.74. The van der Waals surface area contributed by atoms with Crippen molar-refractivity contribution < 1.29 is 19.2 Å². The van der Waals surface area contributed by atoms with Crippen LogP contribution in [0.2, 0.25) is 20.1 Å². The van der Waals surface area contributed by atoms with Crippen LogP contribution >= 0.6 is 46.4 Å². The van der Waals surface area contributed by atoms with Crippen molar-refractivity contribution in [2.75, 3.05) is 10.6 Å². The second-order valence-corrected chi connectivity index (χ2v) is 12.0. The van der Waals surface area contributed by atoms with Gasteiger partial charge in [0, 0.05) is 34.3 Å². The maximum atomic E-state index is 12.5. The van der Waals surface area contributed by atoms with Crippen molar-refractivity contribution in [3.63, 3.8) is 0 Å². The molecule has 0 aliphatic rings. The summed E-state index contributed by atoms with van der Waals surface area (Å²) >= 11 is 24.0. The van der Waals surface area contributed by atoms with Gasteiger partial charge in [-0.15, -0.1) is 0 Å². The van der Waals surface area contributed by atoms with Crippen LogP contribution in [0.25, 0.3) is 0 Å². The van der Waals surface area contributed by atoms with Gasteiger partial charge in [0.05, 0.1) is 32.6 Å². The Bertz CT molecular complexity index is 1770. The van der Waals surface area contributed by atoms with E-state index in [-0.39, 0.29) is 45.8 Å². The maximum absolute atomic E-state index is 12.5. The first-order valence-corrected chi connectivity index (χ1v) is 15.8. The first kappa shape index (κ1) is 36.1. The molecule has 48 heavy (non-hydrogen) atoms. The number of halogens is 4. The van der Waals surface area contributed by atoms with Gasteiger partial charge in [-0.3, -0.25) is 19.2 Å². The molecule has 0 aromatic heterocycles. The number of amides is 4. The normalized spacial score (nSPS) is 11.5. The summed E-state index contributed by atoms with van der Waals surface area (Å²) in [4.78, 5) is 49.6. The van der Waals surface area contributed by atoms with Crippen molar-refractivity contribution in [3.05, 3.63) is 127 Å². The summed E-state index contributed by atoms with van der Waals surface area (Å²) < 4.78 is 0. The van der Waals surface area contributed by atoms with Crippen molar-refractivity contribution in [2.24, 2.45) is 10.2 Å². The molecule has 4 rings (SSSR count). The third kappa shape index (κ3) is 10.4. The van der Waals surface area contributed by atoms with Gasteiger partial charge in [-0.25, -0.2) is 10.9 Å². The number of benzene rings is 4. The zero-order valence-electron chi connectivity index (χ0n) is 25.5. The molecule has 0 heterocycles. The van der Waals surface area contributed by atoms with Gasteiger partial charge in [-0.1, -0.05) is 70.7 Å². The number of nitrogens with one attached hydrogen (secondary N) is 4. The lowest BCUT2D eigenvalue weighted by atomic mass is 10.1. The summed E-state index contributed by atoms with van der Waals surface area (Å²) in [6.07, 6.45) is -0.219. The van der Waals surface area contributed by atoms with Crippen molar-refractivity contribution in [1.29, 1.82) is 0 Å². The lowest BCUT2D eigenvalue weighted by molar-refractivity contribution is -0.126. The van der Waals surface area contributed by atoms with Gasteiger partial charge in [-0.05, 0) is 85.6 Å². The highest BCUT2D eigenvalue weighted by Gasteiger charge is 2.13. The fourth-order valence-electron chi connectivity index (χ4n) is 4.09. The molecule has 0 saturated carbocycles. The lowest BCUT2D eigenvalue weighted by Crippen LogP contribution is -2.24. The van der Waals surface area contributed by atoms with Gasteiger partial charge in [0.1, 0.15) is 0 Å². The van der Waals surface area contributed by atoms with Gasteiger partial charge in [0.2, 0.25) is 11.8 Å². The number of anilines is 2. The summed E-state index contributed by atoms with van der Waals surface area (Å²) in [7, 11) is 0. The molecule has 4 amide bonds. The molecule has 0 saturated heterocycles. The van der Waals surface area contributed by atoms with Crippen LogP contribution in [-0.4, -0.2) is 35.1 Å². The standard InChI is InChI=1S/C34H28Cl4N6O4/c1-19(21-3-9-25(10-4-21)39-33(47)27-13-7-23(35)17-29(27)37)41-43-31(45)15-16-32(46)44-42-20(2)22-5-11-26(12-6-22)40-34(48)28-14-8-24(36)18-30(28)38/h3-14,17-18H,15-16H2,1-2H3,(H,39,47)(H,40,48)(H,43,45)(H,44,46). The molecule has 0 aliphatic heterocycles. The van der Waals surface area contributed by atoms with Crippen LogP contribution in [0.15, 0.2) is 95.1 Å². The van der Waals surface area contributed by atoms with Gasteiger partial charge in [0.15, 0.2) is 0 Å². The predicted molar refractivity (Wildman–Crippen MR) is 192 cm³/mol. The summed E-state index contributed by atoms with van der Waals surface area (Å²) in [5, 5.41) is 15.1. The van der Waals surface area contributed by atoms with Crippen molar-refractivity contribution >= 4 is 92.8 Å². The summed E-state index contributed by atoms with van der Waals surface area (Å²) in [6, 6.07) is 22.9. The third-order valence-electron chi connectivity index (χ3n) is 6.75. The topological polar surface area (TPSA) is 141 Å². The highest BCUT2D eigenvalue weighted by molar-refractivity contribution is 6.38. The molecule has 4 aromatic rings. The van der Waals surface area contributed by atoms with Crippen molar-refractivity contribution in [1.82, 2.24) is 10.9 Å². The molecule has 4 aromatic carbocycles. The molecule has 0 aliphatic carbocycles. The van der Waals surface area contributed by atoms with Crippen LogP contribution in [0.5, 0.6) is 0 Å². The SMILES string of the molecule is CC(=NNC(=O)CCC(=O)NN=C(C)c1ccc(NC(=O)c2ccc(Cl)cc2Cl)cc1)c1ccc(NC(=O)c2ccc(Cl)cc2Cl)cc1. The minimum absolute atomic E-state index is 0.110. The summed E-state index contributed by atoms with van der Waals surface area (Å²) in [6.45, 7) is 3.42.